The summed E-state index contributed by atoms with van der Waals surface area (Å²) in [5.74, 6) is -0.275. The van der Waals surface area contributed by atoms with Crippen LogP contribution in [0.1, 0.15) is 11.1 Å². The Morgan fingerprint density at radius 3 is 2.50 bits per heavy atom. The van der Waals surface area contributed by atoms with Gasteiger partial charge in [0.05, 0.1) is 5.02 Å². The van der Waals surface area contributed by atoms with Crippen LogP contribution in [0.4, 0.5) is 5.69 Å². The molecule has 0 heterocycles. The smallest absolute Gasteiger partial charge is 0.266 e. The monoisotopic (exact) mass is 506 g/mol. The van der Waals surface area contributed by atoms with Crippen LogP contribution in [0.5, 0.6) is 5.75 Å². The minimum Gasteiger partial charge on any atom is -0.487 e. The number of nitrogens with zero attached hydrogens (tertiary/aromatic N) is 1. The highest BCUT2D eigenvalue weighted by molar-refractivity contribution is 6.36. The van der Waals surface area contributed by atoms with E-state index in [-0.39, 0.29) is 17.2 Å². The standard InChI is InChI=1S/C27H17Cl3N2O2/c28-21-8-4-9-23(13-21)32-27(33)20(15-31)11-19-12-22(29)14-25(30)26(19)34-16-18-7-3-6-17-5-1-2-10-24(17)18/h1-14H,16H2,(H,32,33)/b20-11+. The molecule has 0 unspecified atom stereocenters. The second-order valence-electron chi connectivity index (χ2n) is 7.37. The predicted molar refractivity (Wildman–Crippen MR) is 138 cm³/mol. The fourth-order valence-corrected chi connectivity index (χ4v) is 4.23. The third-order valence-electron chi connectivity index (χ3n) is 5.04. The molecule has 34 heavy (non-hydrogen) atoms. The summed E-state index contributed by atoms with van der Waals surface area (Å²) in [5.41, 5.74) is 1.71. The summed E-state index contributed by atoms with van der Waals surface area (Å²) < 4.78 is 6.08. The van der Waals surface area contributed by atoms with E-state index in [0.717, 1.165) is 16.3 Å². The number of carbonyl (C=O) groups excluding carboxylic acids is 1. The number of anilines is 1. The third kappa shape index (κ3) is 5.52. The van der Waals surface area contributed by atoms with Crippen molar-refractivity contribution in [1.82, 2.24) is 0 Å². The molecular weight excluding hydrogens is 491 g/mol. The minimum absolute atomic E-state index is 0.145. The van der Waals surface area contributed by atoms with Crippen molar-refractivity contribution in [2.45, 2.75) is 6.61 Å². The number of nitriles is 1. The van der Waals surface area contributed by atoms with E-state index in [1.165, 1.54) is 6.08 Å². The third-order valence-corrected chi connectivity index (χ3v) is 5.77. The second kappa shape index (κ2) is 10.6. The summed E-state index contributed by atoms with van der Waals surface area (Å²) in [6, 6.07) is 25.7. The van der Waals surface area contributed by atoms with Crippen LogP contribution >= 0.6 is 34.8 Å². The fraction of sp³-hybridized carbons (Fsp3) is 0.0370. The molecule has 0 fully saturated rings. The number of fused-ring (bicyclic) bond motifs is 1. The number of benzene rings is 4. The van der Waals surface area contributed by atoms with E-state index in [2.05, 4.69) is 5.32 Å². The molecule has 0 radical (unpaired) electrons. The van der Waals surface area contributed by atoms with Crippen LogP contribution in [0.2, 0.25) is 15.1 Å². The molecule has 0 spiro atoms. The van der Waals surface area contributed by atoms with Gasteiger partial charge in [0.25, 0.3) is 5.91 Å². The summed E-state index contributed by atoms with van der Waals surface area (Å²) in [5, 5.41) is 15.5. The molecular formula is C27H17Cl3N2O2. The fourth-order valence-electron chi connectivity index (χ4n) is 3.48. The van der Waals surface area contributed by atoms with Crippen molar-refractivity contribution in [2.75, 3.05) is 5.32 Å². The van der Waals surface area contributed by atoms with Gasteiger partial charge < -0.3 is 10.1 Å². The van der Waals surface area contributed by atoms with Crippen molar-refractivity contribution >= 4 is 63.2 Å². The van der Waals surface area contributed by atoms with E-state index in [9.17, 15) is 10.1 Å². The maximum Gasteiger partial charge on any atom is 0.266 e. The van der Waals surface area contributed by atoms with Gasteiger partial charge in [-0.15, -0.1) is 0 Å². The van der Waals surface area contributed by atoms with Crippen molar-refractivity contribution in [3.05, 3.63) is 111 Å². The van der Waals surface area contributed by atoms with E-state index in [1.807, 2.05) is 48.5 Å². The number of halogens is 3. The lowest BCUT2D eigenvalue weighted by Crippen LogP contribution is -2.13. The Morgan fingerprint density at radius 1 is 0.941 bits per heavy atom. The molecule has 1 N–H and O–H groups in total. The molecule has 4 nitrogen and oxygen atoms in total. The Kier molecular flexibility index (Phi) is 7.40. The minimum atomic E-state index is -0.596. The highest BCUT2D eigenvalue weighted by atomic mass is 35.5. The van der Waals surface area contributed by atoms with Crippen LogP contribution < -0.4 is 10.1 Å². The topological polar surface area (TPSA) is 62.1 Å². The highest BCUT2D eigenvalue weighted by Gasteiger charge is 2.15. The van der Waals surface area contributed by atoms with E-state index in [0.29, 0.717) is 27.0 Å². The molecule has 168 valence electrons. The first-order valence-electron chi connectivity index (χ1n) is 10.2. The van der Waals surface area contributed by atoms with E-state index in [1.54, 1.807) is 36.4 Å². The molecule has 0 atom stereocenters. The SMILES string of the molecule is N#C/C(=C\c1cc(Cl)cc(Cl)c1OCc1cccc2ccccc12)C(=O)Nc1cccc(Cl)c1. The van der Waals surface area contributed by atoms with Gasteiger partial charge in [-0.2, -0.15) is 5.26 Å². The maximum atomic E-state index is 12.7. The van der Waals surface area contributed by atoms with E-state index >= 15 is 0 Å². The first-order valence-corrected chi connectivity index (χ1v) is 11.3. The average Bonchev–Trinajstić information content (AvgIpc) is 2.81. The lowest BCUT2D eigenvalue weighted by Gasteiger charge is -2.14. The van der Waals surface area contributed by atoms with E-state index < -0.39 is 5.91 Å². The number of rotatable bonds is 6. The van der Waals surface area contributed by atoms with Gasteiger partial charge in [0.1, 0.15) is 24.0 Å². The van der Waals surface area contributed by atoms with Gasteiger partial charge in [-0.25, -0.2) is 0 Å². The Labute approximate surface area is 211 Å². The van der Waals surface area contributed by atoms with Crippen molar-refractivity contribution < 1.29 is 9.53 Å². The predicted octanol–water partition coefficient (Wildman–Crippen LogP) is 7.92. The number of carbonyl (C=O) groups is 1. The van der Waals surface area contributed by atoms with Crippen LogP contribution in [0.15, 0.2) is 84.4 Å². The lowest BCUT2D eigenvalue weighted by molar-refractivity contribution is -0.112. The molecule has 1 amide bonds. The Hall–Kier alpha value is -3.49. The maximum absolute atomic E-state index is 12.7. The molecule has 7 heteroatoms. The summed E-state index contributed by atoms with van der Waals surface area (Å²) in [4.78, 5) is 12.7. The first kappa shape index (κ1) is 23.7. The van der Waals surface area contributed by atoms with Gasteiger partial charge in [0.15, 0.2) is 0 Å². The number of nitrogens with one attached hydrogen (secondary N) is 1. The van der Waals surface area contributed by atoms with Gasteiger partial charge in [0.2, 0.25) is 0 Å². The molecule has 4 aromatic carbocycles. The van der Waals surface area contributed by atoms with E-state index in [4.69, 9.17) is 39.5 Å². The quantitative estimate of drug-likeness (QED) is 0.213. The van der Waals surface area contributed by atoms with Gasteiger partial charge >= 0.3 is 0 Å². The number of hydrogen-bond acceptors (Lipinski definition) is 3. The van der Waals surface area contributed by atoms with Crippen LogP contribution in [-0.4, -0.2) is 5.91 Å². The molecule has 0 aliphatic rings. The molecule has 0 bridgehead atoms. The molecule has 0 aromatic heterocycles. The largest absolute Gasteiger partial charge is 0.487 e. The first-order chi connectivity index (χ1) is 16.4. The number of ether oxygens (including phenoxy) is 1. The zero-order valence-corrected chi connectivity index (χ0v) is 20.0. The zero-order valence-electron chi connectivity index (χ0n) is 17.7. The number of amides is 1. The highest BCUT2D eigenvalue weighted by Crippen LogP contribution is 2.35. The van der Waals surface area contributed by atoms with Crippen molar-refractivity contribution in [1.29, 1.82) is 5.26 Å². The van der Waals surface area contributed by atoms with Crippen molar-refractivity contribution in [3.63, 3.8) is 0 Å². The summed E-state index contributed by atoms with van der Waals surface area (Å²) in [7, 11) is 0. The summed E-state index contributed by atoms with van der Waals surface area (Å²) in [6.07, 6.45) is 1.40. The summed E-state index contributed by atoms with van der Waals surface area (Å²) >= 11 is 18.6. The van der Waals surface area contributed by atoms with Crippen LogP contribution in [0.25, 0.3) is 16.8 Å². The molecule has 0 saturated carbocycles. The molecule has 4 aromatic rings. The second-order valence-corrected chi connectivity index (χ2v) is 8.65. The van der Waals surface area contributed by atoms with Gasteiger partial charge in [0, 0.05) is 21.3 Å². The Bertz CT molecular complexity index is 1450. The lowest BCUT2D eigenvalue weighted by atomic mass is 10.1. The van der Waals surface area contributed by atoms with Crippen LogP contribution in [0, 0.1) is 11.3 Å². The van der Waals surface area contributed by atoms with Crippen molar-refractivity contribution in [3.8, 4) is 11.8 Å². The summed E-state index contributed by atoms with van der Waals surface area (Å²) in [6.45, 7) is 0.236. The molecule has 0 aliphatic carbocycles. The van der Waals surface area contributed by atoms with Gasteiger partial charge in [-0.1, -0.05) is 83.3 Å². The molecule has 4 rings (SSSR count). The molecule has 0 saturated heterocycles. The Balaban J connectivity index is 1.64. The zero-order chi connectivity index (χ0) is 24.1. The molecule has 0 aliphatic heterocycles. The number of hydrogen-bond donors (Lipinski definition) is 1. The normalized spacial score (nSPS) is 11.2. The Morgan fingerprint density at radius 2 is 1.71 bits per heavy atom. The van der Waals surface area contributed by atoms with Crippen molar-refractivity contribution in [2.24, 2.45) is 0 Å². The van der Waals surface area contributed by atoms with Gasteiger partial charge in [-0.3, -0.25) is 4.79 Å². The van der Waals surface area contributed by atoms with Gasteiger partial charge in [-0.05, 0) is 52.7 Å². The average molecular weight is 508 g/mol. The van der Waals surface area contributed by atoms with Crippen LogP contribution in [0.3, 0.4) is 0 Å². The van der Waals surface area contributed by atoms with Crippen LogP contribution in [-0.2, 0) is 11.4 Å².